The largest absolute Gasteiger partial charge is 0.369 e. The summed E-state index contributed by atoms with van der Waals surface area (Å²) in [6.07, 6.45) is 6.15. The minimum absolute atomic E-state index is 0.617. The van der Waals surface area contributed by atoms with Gasteiger partial charge >= 0.3 is 0 Å². The summed E-state index contributed by atoms with van der Waals surface area (Å²) in [5, 5.41) is 4.64. The number of hydrogen-bond donors (Lipinski definition) is 1. The second-order valence-corrected chi connectivity index (χ2v) is 6.51. The van der Waals surface area contributed by atoms with Gasteiger partial charge < -0.3 is 5.32 Å². The maximum Gasteiger partial charge on any atom is 0.138 e. The van der Waals surface area contributed by atoms with Crippen molar-refractivity contribution in [1.29, 1.82) is 0 Å². The zero-order valence-corrected chi connectivity index (χ0v) is 13.7. The second kappa shape index (κ2) is 7.79. The van der Waals surface area contributed by atoms with Crippen molar-refractivity contribution in [3.8, 4) is 0 Å². The lowest BCUT2D eigenvalue weighted by Gasteiger charge is -2.16. The van der Waals surface area contributed by atoms with E-state index in [-0.39, 0.29) is 0 Å². The van der Waals surface area contributed by atoms with E-state index in [1.807, 2.05) is 0 Å². The van der Waals surface area contributed by atoms with Crippen LogP contribution in [-0.2, 0) is 6.42 Å². The molecule has 0 bridgehead atoms. The molecule has 2 rings (SSSR count). The molecule has 0 aromatic carbocycles. The SMILES string of the molecule is CCCC(CCCl)CNc1ncnc2sc(CC)cc12. The van der Waals surface area contributed by atoms with Crippen molar-refractivity contribution < 1.29 is 0 Å². The molecule has 0 aliphatic rings. The lowest BCUT2D eigenvalue weighted by Crippen LogP contribution is -2.15. The molecule has 0 spiro atoms. The fourth-order valence-electron chi connectivity index (χ4n) is 2.37. The van der Waals surface area contributed by atoms with Gasteiger partial charge in [0.1, 0.15) is 17.0 Å². The minimum Gasteiger partial charge on any atom is -0.369 e. The van der Waals surface area contributed by atoms with Crippen LogP contribution in [0.4, 0.5) is 5.82 Å². The van der Waals surface area contributed by atoms with Crippen LogP contribution in [0.3, 0.4) is 0 Å². The number of halogens is 1. The molecule has 0 saturated heterocycles. The predicted octanol–water partition coefficient (Wildman–Crippen LogP) is 4.71. The maximum absolute atomic E-state index is 5.88. The molecule has 2 aromatic heterocycles. The van der Waals surface area contributed by atoms with Gasteiger partial charge in [-0.3, -0.25) is 0 Å². The normalized spacial score (nSPS) is 12.8. The number of nitrogens with one attached hydrogen (secondary N) is 1. The Morgan fingerprint density at radius 2 is 2.15 bits per heavy atom. The fraction of sp³-hybridized carbons (Fsp3) is 0.600. The average molecular weight is 312 g/mol. The Balaban J connectivity index is 2.10. The summed E-state index contributed by atoms with van der Waals surface area (Å²) in [4.78, 5) is 11.2. The first kappa shape index (κ1) is 15.5. The standard InChI is InChI=1S/C15H22ClN3S/c1-3-5-11(6-7-16)9-17-14-13-8-12(4-2)20-15(13)19-10-18-14/h8,10-11H,3-7,9H2,1-2H3,(H,17,18,19). The van der Waals surface area contributed by atoms with Crippen molar-refractivity contribution >= 4 is 39.0 Å². The van der Waals surface area contributed by atoms with Crippen molar-refractivity contribution in [3.63, 3.8) is 0 Å². The van der Waals surface area contributed by atoms with Crippen molar-refractivity contribution in [2.75, 3.05) is 17.7 Å². The Bertz CT molecular complexity index is 535. The van der Waals surface area contributed by atoms with E-state index >= 15 is 0 Å². The van der Waals surface area contributed by atoms with Gasteiger partial charge in [-0.15, -0.1) is 22.9 Å². The highest BCUT2D eigenvalue weighted by atomic mass is 35.5. The van der Waals surface area contributed by atoms with Crippen LogP contribution in [0.15, 0.2) is 12.4 Å². The van der Waals surface area contributed by atoms with E-state index in [9.17, 15) is 0 Å². The lowest BCUT2D eigenvalue weighted by molar-refractivity contribution is 0.490. The van der Waals surface area contributed by atoms with E-state index < -0.39 is 0 Å². The van der Waals surface area contributed by atoms with E-state index in [2.05, 4.69) is 35.2 Å². The number of hydrogen-bond acceptors (Lipinski definition) is 4. The summed E-state index contributed by atoms with van der Waals surface area (Å²) in [5.74, 6) is 2.30. The monoisotopic (exact) mass is 311 g/mol. The first-order valence-corrected chi connectivity index (χ1v) is 8.66. The molecule has 3 nitrogen and oxygen atoms in total. The molecule has 2 aromatic rings. The molecule has 1 N–H and O–H groups in total. The van der Waals surface area contributed by atoms with Crippen molar-refractivity contribution in [1.82, 2.24) is 9.97 Å². The number of aromatic nitrogens is 2. The number of alkyl halides is 1. The zero-order chi connectivity index (χ0) is 14.4. The third-order valence-corrected chi connectivity index (χ3v) is 4.91. The number of nitrogens with zero attached hydrogens (tertiary/aromatic N) is 2. The minimum atomic E-state index is 0.617. The Labute approximate surface area is 129 Å². The van der Waals surface area contributed by atoms with Gasteiger partial charge in [0.15, 0.2) is 0 Å². The Morgan fingerprint density at radius 3 is 2.85 bits per heavy atom. The molecule has 0 aliphatic carbocycles. The molecule has 1 unspecified atom stereocenters. The van der Waals surface area contributed by atoms with Crippen LogP contribution in [-0.4, -0.2) is 22.4 Å². The molecule has 1 atom stereocenters. The van der Waals surface area contributed by atoms with Gasteiger partial charge in [0.25, 0.3) is 0 Å². The van der Waals surface area contributed by atoms with Crippen LogP contribution in [0.25, 0.3) is 10.2 Å². The zero-order valence-electron chi connectivity index (χ0n) is 12.2. The van der Waals surface area contributed by atoms with Crippen molar-refractivity contribution in [2.45, 2.75) is 39.5 Å². The van der Waals surface area contributed by atoms with Crippen LogP contribution < -0.4 is 5.32 Å². The van der Waals surface area contributed by atoms with Crippen LogP contribution in [0, 0.1) is 5.92 Å². The van der Waals surface area contributed by atoms with Gasteiger partial charge in [-0.05, 0) is 31.2 Å². The molecule has 5 heteroatoms. The Morgan fingerprint density at radius 1 is 1.30 bits per heavy atom. The van der Waals surface area contributed by atoms with Gasteiger partial charge in [-0.25, -0.2) is 9.97 Å². The van der Waals surface area contributed by atoms with Gasteiger partial charge in [-0.2, -0.15) is 0 Å². The molecular weight excluding hydrogens is 290 g/mol. The van der Waals surface area contributed by atoms with E-state index in [0.717, 1.165) is 41.3 Å². The highest BCUT2D eigenvalue weighted by Crippen LogP contribution is 2.28. The van der Waals surface area contributed by atoms with E-state index in [1.54, 1.807) is 17.7 Å². The van der Waals surface area contributed by atoms with E-state index in [4.69, 9.17) is 11.6 Å². The number of anilines is 1. The first-order chi connectivity index (χ1) is 9.78. The lowest BCUT2D eigenvalue weighted by atomic mass is 10.0. The molecule has 110 valence electrons. The Hall–Kier alpha value is -0.870. The van der Waals surface area contributed by atoms with Crippen LogP contribution >= 0.6 is 22.9 Å². The predicted molar refractivity (Wildman–Crippen MR) is 89.0 cm³/mol. The second-order valence-electron chi connectivity index (χ2n) is 5.02. The third kappa shape index (κ3) is 3.83. The van der Waals surface area contributed by atoms with Gasteiger partial charge in [0.2, 0.25) is 0 Å². The summed E-state index contributed by atoms with van der Waals surface area (Å²) >= 11 is 7.63. The van der Waals surface area contributed by atoms with E-state index in [0.29, 0.717) is 5.92 Å². The molecule has 0 amide bonds. The summed E-state index contributed by atoms with van der Waals surface area (Å²) in [5.41, 5.74) is 0. The molecule has 20 heavy (non-hydrogen) atoms. The number of thiophene rings is 1. The topological polar surface area (TPSA) is 37.8 Å². The maximum atomic E-state index is 5.88. The smallest absolute Gasteiger partial charge is 0.138 e. The van der Waals surface area contributed by atoms with Crippen molar-refractivity contribution in [2.24, 2.45) is 5.92 Å². The summed E-state index contributed by atoms with van der Waals surface area (Å²) in [6.45, 7) is 5.32. The van der Waals surface area contributed by atoms with E-state index in [1.165, 1.54) is 17.7 Å². The van der Waals surface area contributed by atoms with Gasteiger partial charge in [0, 0.05) is 17.3 Å². The van der Waals surface area contributed by atoms with Gasteiger partial charge in [0.05, 0.1) is 5.39 Å². The fourth-order valence-corrected chi connectivity index (χ4v) is 3.62. The molecule has 0 saturated carbocycles. The third-order valence-electron chi connectivity index (χ3n) is 3.50. The number of rotatable bonds is 8. The summed E-state index contributed by atoms with van der Waals surface area (Å²) in [6, 6.07) is 2.21. The number of aryl methyl sites for hydroxylation is 1. The summed E-state index contributed by atoms with van der Waals surface area (Å²) < 4.78 is 0. The van der Waals surface area contributed by atoms with Crippen LogP contribution in [0.2, 0.25) is 0 Å². The quantitative estimate of drug-likeness (QED) is 0.717. The molecule has 0 radical (unpaired) electrons. The first-order valence-electron chi connectivity index (χ1n) is 7.31. The summed E-state index contributed by atoms with van der Waals surface area (Å²) in [7, 11) is 0. The van der Waals surface area contributed by atoms with Crippen molar-refractivity contribution in [3.05, 3.63) is 17.3 Å². The highest BCUT2D eigenvalue weighted by molar-refractivity contribution is 7.18. The molecular formula is C15H22ClN3S. The molecule has 2 heterocycles. The Kier molecular flexibility index (Phi) is 6.05. The van der Waals surface area contributed by atoms with Gasteiger partial charge in [-0.1, -0.05) is 20.3 Å². The molecule has 0 fully saturated rings. The molecule has 0 aliphatic heterocycles. The number of fused-ring (bicyclic) bond motifs is 1. The highest BCUT2D eigenvalue weighted by Gasteiger charge is 2.11. The average Bonchev–Trinajstić information content (AvgIpc) is 2.89. The van der Waals surface area contributed by atoms with Crippen LogP contribution in [0.5, 0.6) is 0 Å². The van der Waals surface area contributed by atoms with Crippen LogP contribution in [0.1, 0.15) is 38.0 Å².